The fraction of sp³-hybridized carbons (Fsp3) is 0.545. The fourth-order valence-corrected chi connectivity index (χ4v) is 2.95. The lowest BCUT2D eigenvalue weighted by Gasteiger charge is -2.26. The normalized spacial score (nSPS) is 12.5. The minimum atomic E-state index is -0.567. The van der Waals surface area contributed by atoms with E-state index < -0.39 is 6.10 Å². The first-order valence-corrected chi connectivity index (χ1v) is 9.73. The number of methoxy groups -OCH3 is 2. The average Bonchev–Trinajstić information content (AvgIpc) is 3.19. The van der Waals surface area contributed by atoms with Crippen molar-refractivity contribution in [2.24, 2.45) is 5.92 Å². The van der Waals surface area contributed by atoms with Crippen LogP contribution in [0.15, 0.2) is 41.0 Å². The molecule has 0 amide bonds. The number of benzene rings is 1. The van der Waals surface area contributed by atoms with Crippen molar-refractivity contribution in [1.82, 2.24) is 4.90 Å². The number of nitrogens with zero attached hydrogens (tertiary/aromatic N) is 1. The van der Waals surface area contributed by atoms with E-state index in [2.05, 4.69) is 18.7 Å². The van der Waals surface area contributed by atoms with Gasteiger partial charge >= 0.3 is 0 Å². The first-order chi connectivity index (χ1) is 13.5. The molecule has 0 unspecified atom stereocenters. The van der Waals surface area contributed by atoms with Crippen molar-refractivity contribution in [1.29, 1.82) is 0 Å². The summed E-state index contributed by atoms with van der Waals surface area (Å²) in [6.45, 7) is 7.22. The van der Waals surface area contributed by atoms with Gasteiger partial charge in [0.15, 0.2) is 11.5 Å². The third-order valence-electron chi connectivity index (χ3n) is 4.48. The van der Waals surface area contributed by atoms with Gasteiger partial charge in [-0.15, -0.1) is 0 Å². The van der Waals surface area contributed by atoms with Gasteiger partial charge in [0.1, 0.15) is 12.4 Å². The molecule has 2 aromatic rings. The first-order valence-electron chi connectivity index (χ1n) is 9.73. The Hall–Kier alpha value is -2.02. The Morgan fingerprint density at radius 3 is 2.54 bits per heavy atom. The Balaban J connectivity index is 1.92. The van der Waals surface area contributed by atoms with Crippen molar-refractivity contribution in [3.05, 3.63) is 47.9 Å². The van der Waals surface area contributed by atoms with Crippen LogP contribution in [0.3, 0.4) is 0 Å². The zero-order valence-electron chi connectivity index (χ0n) is 17.4. The van der Waals surface area contributed by atoms with Gasteiger partial charge in [-0.3, -0.25) is 4.90 Å². The van der Waals surface area contributed by atoms with Crippen LogP contribution in [0.2, 0.25) is 0 Å². The molecule has 6 nitrogen and oxygen atoms in total. The molecule has 1 heterocycles. The van der Waals surface area contributed by atoms with E-state index in [1.54, 1.807) is 20.5 Å². The molecule has 0 saturated heterocycles. The average molecular weight is 392 g/mol. The number of aliphatic hydroxyl groups is 1. The molecule has 1 aromatic carbocycles. The van der Waals surface area contributed by atoms with Crippen molar-refractivity contribution < 1.29 is 23.7 Å². The second-order valence-corrected chi connectivity index (χ2v) is 7.36. The molecule has 156 valence electrons. The minimum absolute atomic E-state index is 0.269. The Bertz CT molecular complexity index is 672. The molecule has 0 aliphatic rings. The molecule has 1 N–H and O–H groups in total. The molecule has 0 bridgehead atoms. The van der Waals surface area contributed by atoms with Crippen LogP contribution in [0.1, 0.15) is 31.6 Å². The smallest absolute Gasteiger partial charge is 0.161 e. The number of hydrogen-bond acceptors (Lipinski definition) is 6. The van der Waals surface area contributed by atoms with Crippen LogP contribution in [0, 0.1) is 5.92 Å². The van der Waals surface area contributed by atoms with E-state index in [1.807, 2.05) is 30.3 Å². The molecule has 0 fully saturated rings. The highest BCUT2D eigenvalue weighted by Gasteiger charge is 2.15. The molecule has 28 heavy (non-hydrogen) atoms. The summed E-state index contributed by atoms with van der Waals surface area (Å²) in [6, 6.07) is 9.62. The fourth-order valence-electron chi connectivity index (χ4n) is 2.95. The van der Waals surface area contributed by atoms with Crippen molar-refractivity contribution in [2.45, 2.75) is 39.5 Å². The van der Waals surface area contributed by atoms with Crippen LogP contribution >= 0.6 is 0 Å². The molecule has 0 saturated carbocycles. The summed E-state index contributed by atoms with van der Waals surface area (Å²) in [5.74, 6) is 2.78. The second kappa shape index (κ2) is 11.7. The summed E-state index contributed by atoms with van der Waals surface area (Å²) in [6.07, 6.45) is 2.11. The van der Waals surface area contributed by atoms with E-state index in [-0.39, 0.29) is 6.61 Å². The van der Waals surface area contributed by atoms with Crippen molar-refractivity contribution in [2.75, 3.05) is 33.9 Å². The van der Waals surface area contributed by atoms with Gasteiger partial charge in [0.2, 0.25) is 0 Å². The van der Waals surface area contributed by atoms with Gasteiger partial charge < -0.3 is 23.7 Å². The highest BCUT2D eigenvalue weighted by Crippen LogP contribution is 2.28. The molecule has 1 atom stereocenters. The number of rotatable bonds is 13. The van der Waals surface area contributed by atoms with E-state index in [1.165, 1.54) is 0 Å². The Morgan fingerprint density at radius 1 is 1.11 bits per heavy atom. The summed E-state index contributed by atoms with van der Waals surface area (Å²) in [7, 11) is 3.27. The van der Waals surface area contributed by atoms with Gasteiger partial charge in [0, 0.05) is 13.1 Å². The van der Waals surface area contributed by atoms with E-state index in [4.69, 9.17) is 18.6 Å². The molecular weight excluding hydrogens is 358 g/mol. The predicted molar refractivity (Wildman–Crippen MR) is 109 cm³/mol. The highest BCUT2D eigenvalue weighted by atomic mass is 16.5. The standard InChI is InChI=1S/C22H33NO5/c1-17(2)9-10-23(13-18-7-8-21(25-3)22(12-18)26-4)14-19(24)15-27-16-20-6-5-11-28-20/h5-8,11-12,17,19,24H,9-10,13-16H2,1-4H3/t19-/m1/s1. The van der Waals surface area contributed by atoms with Gasteiger partial charge in [-0.25, -0.2) is 0 Å². The number of hydrogen-bond donors (Lipinski definition) is 1. The van der Waals surface area contributed by atoms with Gasteiger partial charge in [-0.2, -0.15) is 0 Å². The van der Waals surface area contributed by atoms with Gasteiger partial charge in [-0.1, -0.05) is 19.9 Å². The molecule has 6 heteroatoms. The summed E-state index contributed by atoms with van der Waals surface area (Å²) >= 11 is 0. The van der Waals surface area contributed by atoms with E-state index >= 15 is 0 Å². The minimum Gasteiger partial charge on any atom is -0.493 e. The van der Waals surface area contributed by atoms with Crippen LogP contribution in [0.25, 0.3) is 0 Å². The van der Waals surface area contributed by atoms with Crippen LogP contribution in [0.4, 0.5) is 0 Å². The first kappa shape index (κ1) is 22.3. The van der Waals surface area contributed by atoms with Crippen LogP contribution in [-0.2, 0) is 17.9 Å². The molecule has 0 aliphatic carbocycles. The maximum Gasteiger partial charge on any atom is 0.161 e. The Morgan fingerprint density at radius 2 is 1.89 bits per heavy atom. The van der Waals surface area contributed by atoms with E-state index in [0.717, 1.165) is 30.8 Å². The van der Waals surface area contributed by atoms with E-state index in [0.29, 0.717) is 30.6 Å². The lowest BCUT2D eigenvalue weighted by atomic mass is 10.1. The number of furan rings is 1. The predicted octanol–water partition coefficient (Wildman–Crippen LogP) is 3.72. The van der Waals surface area contributed by atoms with Crippen LogP contribution in [0.5, 0.6) is 11.5 Å². The third kappa shape index (κ3) is 7.54. The largest absolute Gasteiger partial charge is 0.493 e. The zero-order valence-corrected chi connectivity index (χ0v) is 17.4. The molecular formula is C22H33NO5. The molecule has 0 radical (unpaired) electrons. The lowest BCUT2D eigenvalue weighted by molar-refractivity contribution is 0.00325. The zero-order chi connectivity index (χ0) is 20.4. The molecule has 1 aromatic heterocycles. The van der Waals surface area contributed by atoms with Crippen molar-refractivity contribution >= 4 is 0 Å². The monoisotopic (exact) mass is 391 g/mol. The SMILES string of the molecule is COc1ccc(CN(CCC(C)C)C[C@@H](O)COCc2ccco2)cc1OC. The summed E-state index contributed by atoms with van der Waals surface area (Å²) in [5, 5.41) is 10.4. The van der Waals surface area contributed by atoms with Crippen LogP contribution in [-0.4, -0.2) is 50.0 Å². The molecule has 0 aliphatic heterocycles. The maximum absolute atomic E-state index is 10.4. The summed E-state index contributed by atoms with van der Waals surface area (Å²) < 4.78 is 21.5. The quantitative estimate of drug-likeness (QED) is 0.561. The van der Waals surface area contributed by atoms with Crippen molar-refractivity contribution in [3.63, 3.8) is 0 Å². The van der Waals surface area contributed by atoms with Crippen LogP contribution < -0.4 is 9.47 Å². The number of ether oxygens (including phenoxy) is 3. The summed E-state index contributed by atoms with van der Waals surface area (Å²) in [5.41, 5.74) is 1.12. The summed E-state index contributed by atoms with van der Waals surface area (Å²) in [4.78, 5) is 2.25. The Labute approximate surface area is 168 Å². The third-order valence-corrected chi connectivity index (χ3v) is 4.48. The highest BCUT2D eigenvalue weighted by molar-refractivity contribution is 5.42. The topological polar surface area (TPSA) is 64.3 Å². The van der Waals surface area contributed by atoms with Gasteiger partial charge in [-0.05, 0) is 48.7 Å². The molecule has 0 spiro atoms. The van der Waals surface area contributed by atoms with E-state index in [9.17, 15) is 5.11 Å². The number of aliphatic hydroxyl groups excluding tert-OH is 1. The lowest BCUT2D eigenvalue weighted by Crippen LogP contribution is -2.35. The molecule has 2 rings (SSSR count). The van der Waals surface area contributed by atoms with Gasteiger partial charge in [0.25, 0.3) is 0 Å². The maximum atomic E-state index is 10.4. The van der Waals surface area contributed by atoms with Crippen molar-refractivity contribution in [3.8, 4) is 11.5 Å². The van der Waals surface area contributed by atoms with Gasteiger partial charge in [0.05, 0.1) is 33.2 Å². The Kier molecular flexibility index (Phi) is 9.34. The second-order valence-electron chi connectivity index (χ2n) is 7.36.